The summed E-state index contributed by atoms with van der Waals surface area (Å²) in [7, 11) is 0. The Morgan fingerprint density at radius 3 is 2.61 bits per heavy atom. The highest BCUT2D eigenvalue weighted by Gasteiger charge is 2.10. The Labute approximate surface area is 101 Å². The second-order valence-corrected chi connectivity index (χ2v) is 3.96. The number of hydrogen-bond acceptors (Lipinski definition) is 2. The van der Waals surface area contributed by atoms with Crippen LogP contribution in [0.1, 0.15) is 0 Å². The summed E-state index contributed by atoms with van der Waals surface area (Å²) in [6.07, 6.45) is 0. The first kappa shape index (κ1) is 10.7. The van der Waals surface area contributed by atoms with Crippen molar-refractivity contribution in [1.82, 2.24) is 9.97 Å². The van der Waals surface area contributed by atoms with E-state index in [0.29, 0.717) is 16.9 Å². The van der Waals surface area contributed by atoms with E-state index in [1.165, 1.54) is 18.2 Å². The number of fused-ring (bicyclic) bond motifs is 1. The van der Waals surface area contributed by atoms with Crippen LogP contribution in [0.2, 0.25) is 0 Å². The molecule has 0 amide bonds. The largest absolute Gasteiger partial charge is 0.396 e. The topological polar surface area (TPSA) is 54.7 Å². The molecule has 0 aliphatic heterocycles. The molecule has 0 aliphatic carbocycles. The average molecular weight is 245 g/mol. The van der Waals surface area contributed by atoms with Crippen LogP contribution in [-0.4, -0.2) is 9.97 Å². The van der Waals surface area contributed by atoms with Gasteiger partial charge in [-0.25, -0.2) is 13.8 Å². The molecule has 90 valence electrons. The fourth-order valence-electron chi connectivity index (χ4n) is 1.81. The third-order valence-electron chi connectivity index (χ3n) is 2.74. The lowest BCUT2D eigenvalue weighted by Crippen LogP contribution is -1.91. The molecule has 18 heavy (non-hydrogen) atoms. The van der Waals surface area contributed by atoms with Crippen molar-refractivity contribution in [3.63, 3.8) is 0 Å². The van der Waals surface area contributed by atoms with Gasteiger partial charge in [-0.3, -0.25) is 0 Å². The first-order valence-corrected chi connectivity index (χ1v) is 5.35. The lowest BCUT2D eigenvalue weighted by atomic mass is 10.2. The number of para-hydroxylation sites is 1. The number of aromatic amines is 1. The summed E-state index contributed by atoms with van der Waals surface area (Å²) in [6, 6.07) is 8.98. The summed E-state index contributed by atoms with van der Waals surface area (Å²) < 4.78 is 26.8. The third kappa shape index (κ3) is 1.60. The Morgan fingerprint density at radius 1 is 1.06 bits per heavy atom. The highest BCUT2D eigenvalue weighted by atomic mass is 19.1. The molecule has 0 atom stereocenters. The van der Waals surface area contributed by atoms with Crippen molar-refractivity contribution in [1.29, 1.82) is 0 Å². The van der Waals surface area contributed by atoms with Gasteiger partial charge in [0.25, 0.3) is 0 Å². The maximum Gasteiger partial charge on any atom is 0.151 e. The van der Waals surface area contributed by atoms with Crippen molar-refractivity contribution < 1.29 is 8.78 Å². The van der Waals surface area contributed by atoms with Gasteiger partial charge >= 0.3 is 0 Å². The van der Waals surface area contributed by atoms with Gasteiger partial charge in [-0.15, -0.1) is 0 Å². The van der Waals surface area contributed by atoms with Crippen LogP contribution in [0.15, 0.2) is 36.4 Å². The monoisotopic (exact) mass is 245 g/mol. The Balaban J connectivity index is 2.19. The number of nitrogen functional groups attached to an aromatic ring is 1. The molecule has 0 aliphatic rings. The Bertz CT molecular complexity index is 734. The van der Waals surface area contributed by atoms with Gasteiger partial charge in [-0.05, 0) is 30.3 Å². The minimum atomic E-state index is -0.520. The number of H-pyrrole nitrogens is 1. The van der Waals surface area contributed by atoms with Gasteiger partial charge in [0.05, 0.1) is 11.2 Å². The number of nitrogens with zero attached hydrogens (tertiary/aromatic N) is 1. The van der Waals surface area contributed by atoms with E-state index in [2.05, 4.69) is 9.97 Å². The fraction of sp³-hybridized carbons (Fsp3) is 0. The third-order valence-corrected chi connectivity index (χ3v) is 2.74. The quantitative estimate of drug-likeness (QED) is 0.647. The molecule has 0 bridgehead atoms. The molecule has 2 aromatic carbocycles. The molecule has 1 aromatic heterocycles. The Kier molecular flexibility index (Phi) is 2.26. The molecule has 0 unspecified atom stereocenters. The van der Waals surface area contributed by atoms with E-state index in [4.69, 9.17) is 5.73 Å². The van der Waals surface area contributed by atoms with Crippen LogP contribution in [0, 0.1) is 11.6 Å². The highest BCUT2D eigenvalue weighted by Crippen LogP contribution is 2.24. The number of rotatable bonds is 1. The molecule has 0 radical (unpaired) electrons. The SMILES string of the molecule is Nc1ccc(-c2nc3c(F)cccc3[nH]2)cc1F. The van der Waals surface area contributed by atoms with E-state index >= 15 is 0 Å². The van der Waals surface area contributed by atoms with Crippen LogP contribution in [-0.2, 0) is 0 Å². The van der Waals surface area contributed by atoms with Gasteiger partial charge in [0.2, 0.25) is 0 Å². The van der Waals surface area contributed by atoms with Gasteiger partial charge in [0.15, 0.2) is 5.82 Å². The summed E-state index contributed by atoms with van der Waals surface area (Å²) in [6.45, 7) is 0. The van der Waals surface area contributed by atoms with Gasteiger partial charge in [0, 0.05) is 5.56 Å². The average Bonchev–Trinajstić information content (AvgIpc) is 2.78. The van der Waals surface area contributed by atoms with E-state index in [9.17, 15) is 8.78 Å². The van der Waals surface area contributed by atoms with Crippen molar-refractivity contribution in [2.45, 2.75) is 0 Å². The Hall–Kier alpha value is -2.43. The van der Waals surface area contributed by atoms with E-state index in [1.807, 2.05) is 0 Å². The zero-order valence-electron chi connectivity index (χ0n) is 9.24. The normalized spacial score (nSPS) is 11.0. The molecule has 0 spiro atoms. The number of benzene rings is 2. The van der Waals surface area contributed by atoms with Crippen LogP contribution < -0.4 is 5.73 Å². The van der Waals surface area contributed by atoms with E-state index in [-0.39, 0.29) is 11.2 Å². The first-order chi connectivity index (χ1) is 8.65. The van der Waals surface area contributed by atoms with Crippen molar-refractivity contribution in [2.75, 3.05) is 5.73 Å². The summed E-state index contributed by atoms with van der Waals surface area (Å²) in [5, 5.41) is 0. The van der Waals surface area contributed by atoms with Gasteiger partial charge in [0.1, 0.15) is 17.2 Å². The molecule has 3 nitrogen and oxygen atoms in total. The maximum absolute atomic E-state index is 13.5. The van der Waals surface area contributed by atoms with Crippen LogP contribution in [0.4, 0.5) is 14.5 Å². The lowest BCUT2D eigenvalue weighted by Gasteiger charge is -1.99. The van der Waals surface area contributed by atoms with Crippen LogP contribution in [0.3, 0.4) is 0 Å². The number of aromatic nitrogens is 2. The number of nitrogens with two attached hydrogens (primary N) is 1. The van der Waals surface area contributed by atoms with Gasteiger partial charge in [-0.2, -0.15) is 0 Å². The molecule has 3 rings (SSSR count). The standard InChI is InChI=1S/C13H9F2N3/c14-8-2-1-3-11-12(8)18-13(17-11)7-4-5-10(16)9(15)6-7/h1-6H,16H2,(H,17,18). The summed E-state index contributed by atoms with van der Waals surface area (Å²) in [4.78, 5) is 7.06. The summed E-state index contributed by atoms with van der Waals surface area (Å²) in [5.74, 6) is -0.520. The lowest BCUT2D eigenvalue weighted by molar-refractivity contribution is 0.633. The number of anilines is 1. The minimum Gasteiger partial charge on any atom is -0.396 e. The molecule has 0 fully saturated rings. The number of imidazole rings is 1. The van der Waals surface area contributed by atoms with Gasteiger partial charge in [-0.1, -0.05) is 6.07 Å². The van der Waals surface area contributed by atoms with Crippen molar-refractivity contribution in [3.8, 4) is 11.4 Å². The summed E-state index contributed by atoms with van der Waals surface area (Å²) in [5.41, 5.74) is 6.81. The fourth-order valence-corrected chi connectivity index (χ4v) is 1.81. The zero-order chi connectivity index (χ0) is 12.7. The molecule has 0 saturated carbocycles. The first-order valence-electron chi connectivity index (χ1n) is 5.35. The smallest absolute Gasteiger partial charge is 0.151 e. The second-order valence-electron chi connectivity index (χ2n) is 3.96. The maximum atomic E-state index is 13.5. The van der Waals surface area contributed by atoms with Crippen LogP contribution >= 0.6 is 0 Å². The number of hydrogen-bond donors (Lipinski definition) is 2. The Morgan fingerprint density at radius 2 is 1.89 bits per heavy atom. The highest BCUT2D eigenvalue weighted by molar-refractivity contribution is 5.80. The van der Waals surface area contributed by atoms with Crippen molar-refractivity contribution in [3.05, 3.63) is 48.0 Å². The molecule has 3 aromatic rings. The zero-order valence-corrected chi connectivity index (χ0v) is 9.24. The van der Waals surface area contributed by atoms with E-state index in [0.717, 1.165) is 0 Å². The van der Waals surface area contributed by atoms with Crippen molar-refractivity contribution >= 4 is 16.7 Å². The molecule has 5 heteroatoms. The molecular formula is C13H9F2N3. The molecule has 0 saturated heterocycles. The van der Waals surface area contributed by atoms with Crippen molar-refractivity contribution in [2.24, 2.45) is 0 Å². The van der Waals surface area contributed by atoms with E-state index < -0.39 is 11.6 Å². The minimum absolute atomic E-state index is 0.0704. The van der Waals surface area contributed by atoms with Crippen LogP contribution in [0.5, 0.6) is 0 Å². The predicted octanol–water partition coefficient (Wildman–Crippen LogP) is 3.09. The van der Waals surface area contributed by atoms with E-state index in [1.54, 1.807) is 18.2 Å². The number of nitrogens with one attached hydrogen (secondary N) is 1. The summed E-state index contributed by atoms with van der Waals surface area (Å²) >= 11 is 0. The van der Waals surface area contributed by atoms with Gasteiger partial charge < -0.3 is 10.7 Å². The molecule has 1 heterocycles. The number of halogens is 2. The molecular weight excluding hydrogens is 236 g/mol. The van der Waals surface area contributed by atoms with Crippen LogP contribution in [0.25, 0.3) is 22.4 Å². The molecule has 3 N–H and O–H groups in total. The second kappa shape index (κ2) is 3.80. The predicted molar refractivity (Wildman–Crippen MR) is 65.9 cm³/mol.